The monoisotopic (exact) mass is 239 g/mol. The van der Waals surface area contributed by atoms with Gasteiger partial charge in [-0.25, -0.2) is 0 Å². The van der Waals surface area contributed by atoms with E-state index in [1.165, 1.54) is 0 Å². The molecule has 1 aromatic heterocycles. The second-order valence-electron chi connectivity index (χ2n) is 5.02. The molecule has 0 unspecified atom stereocenters. The van der Waals surface area contributed by atoms with Crippen LogP contribution < -0.4 is 0 Å². The molecule has 2 heterocycles. The van der Waals surface area contributed by atoms with Gasteiger partial charge in [-0.05, 0) is 26.1 Å². The lowest BCUT2D eigenvalue weighted by Gasteiger charge is -2.35. The Morgan fingerprint density at radius 1 is 1.35 bits per heavy atom. The zero-order valence-corrected chi connectivity index (χ0v) is 10.6. The highest BCUT2D eigenvalue weighted by Crippen LogP contribution is 2.22. The summed E-state index contributed by atoms with van der Waals surface area (Å²) in [5, 5.41) is 10.4. The van der Waals surface area contributed by atoms with Crippen LogP contribution in [0.1, 0.15) is 24.4 Å². The van der Waals surface area contributed by atoms with Crippen LogP contribution in [0.3, 0.4) is 0 Å². The van der Waals surface area contributed by atoms with Crippen LogP contribution in [0.2, 0.25) is 0 Å². The molecule has 1 saturated heterocycles. The van der Waals surface area contributed by atoms with Gasteiger partial charge < -0.3 is 14.3 Å². The molecular weight excluding hydrogens is 218 g/mol. The molecule has 0 aliphatic carbocycles. The lowest BCUT2D eigenvalue weighted by Crippen LogP contribution is -2.45. The van der Waals surface area contributed by atoms with E-state index in [0.29, 0.717) is 32.6 Å². The highest BCUT2D eigenvalue weighted by molar-refractivity contribution is 5.05. The largest absolute Gasteiger partial charge is 0.465 e. The minimum atomic E-state index is -0.603. The van der Waals surface area contributed by atoms with E-state index < -0.39 is 5.60 Å². The van der Waals surface area contributed by atoms with E-state index in [-0.39, 0.29) is 0 Å². The summed E-state index contributed by atoms with van der Waals surface area (Å²) in [6.07, 6.45) is 1.43. The third-order valence-corrected chi connectivity index (χ3v) is 3.21. The summed E-state index contributed by atoms with van der Waals surface area (Å²) in [4.78, 5) is 2.10. The van der Waals surface area contributed by atoms with Crippen molar-refractivity contribution in [3.05, 3.63) is 23.7 Å². The summed E-state index contributed by atoms with van der Waals surface area (Å²) in [6.45, 7) is 4.65. The zero-order chi connectivity index (χ0) is 12.3. The Kier molecular flexibility index (Phi) is 3.86. The van der Waals surface area contributed by atoms with Crippen LogP contribution in [0.25, 0.3) is 0 Å². The van der Waals surface area contributed by atoms with Gasteiger partial charge >= 0.3 is 0 Å². The van der Waals surface area contributed by atoms with Gasteiger partial charge in [0.15, 0.2) is 0 Å². The number of furan rings is 1. The van der Waals surface area contributed by atoms with E-state index in [9.17, 15) is 5.11 Å². The molecule has 1 aliphatic heterocycles. The number of nitrogens with zero attached hydrogens (tertiary/aromatic N) is 1. The highest BCUT2D eigenvalue weighted by atomic mass is 16.5. The fourth-order valence-corrected chi connectivity index (χ4v) is 2.30. The van der Waals surface area contributed by atoms with E-state index in [2.05, 4.69) is 4.90 Å². The van der Waals surface area contributed by atoms with Crippen LogP contribution in [-0.4, -0.2) is 42.4 Å². The van der Waals surface area contributed by atoms with E-state index in [1.807, 2.05) is 26.1 Å². The number of likely N-dealkylation sites (N-methyl/N-ethyl adjacent to an activating group) is 1. The minimum Gasteiger partial charge on any atom is -0.465 e. The Morgan fingerprint density at radius 3 is 2.65 bits per heavy atom. The van der Waals surface area contributed by atoms with Gasteiger partial charge in [0, 0.05) is 32.6 Å². The van der Waals surface area contributed by atoms with Gasteiger partial charge in [0.05, 0.1) is 12.1 Å². The van der Waals surface area contributed by atoms with Crippen molar-refractivity contribution < 1.29 is 14.3 Å². The molecule has 0 amide bonds. The Morgan fingerprint density at radius 2 is 2.06 bits per heavy atom. The molecule has 0 radical (unpaired) electrons. The first kappa shape index (κ1) is 12.6. The van der Waals surface area contributed by atoms with Crippen molar-refractivity contribution in [2.24, 2.45) is 0 Å². The van der Waals surface area contributed by atoms with Crippen LogP contribution in [0.15, 0.2) is 16.5 Å². The maximum absolute atomic E-state index is 10.4. The Balaban J connectivity index is 1.85. The number of hydrogen-bond acceptors (Lipinski definition) is 4. The second-order valence-corrected chi connectivity index (χ2v) is 5.02. The molecule has 0 spiro atoms. The first-order valence-electron chi connectivity index (χ1n) is 6.11. The maximum Gasteiger partial charge on any atom is 0.118 e. The van der Waals surface area contributed by atoms with Crippen LogP contribution in [0.5, 0.6) is 0 Å². The number of aryl methyl sites for hydroxylation is 1. The van der Waals surface area contributed by atoms with E-state index >= 15 is 0 Å². The van der Waals surface area contributed by atoms with Gasteiger partial charge in [0.25, 0.3) is 0 Å². The maximum atomic E-state index is 10.4. The summed E-state index contributed by atoms with van der Waals surface area (Å²) in [5.41, 5.74) is -0.603. The molecular formula is C13H21NO3. The average Bonchev–Trinajstić information content (AvgIpc) is 2.63. The predicted octanol–water partition coefficient (Wildman–Crippen LogP) is 1.56. The molecule has 0 saturated carbocycles. The van der Waals surface area contributed by atoms with Gasteiger partial charge in [0.1, 0.15) is 11.5 Å². The van der Waals surface area contributed by atoms with Crippen molar-refractivity contribution in [1.82, 2.24) is 4.90 Å². The highest BCUT2D eigenvalue weighted by Gasteiger charge is 2.31. The molecule has 1 fully saturated rings. The molecule has 4 heteroatoms. The van der Waals surface area contributed by atoms with E-state index in [4.69, 9.17) is 9.15 Å². The minimum absolute atomic E-state index is 0.603. The van der Waals surface area contributed by atoms with Crippen molar-refractivity contribution >= 4 is 0 Å². The first-order valence-corrected chi connectivity index (χ1v) is 6.11. The Bertz CT molecular complexity index is 355. The average molecular weight is 239 g/mol. The number of rotatable bonds is 4. The van der Waals surface area contributed by atoms with Crippen LogP contribution >= 0.6 is 0 Å². The quantitative estimate of drug-likeness (QED) is 0.866. The molecule has 4 nitrogen and oxygen atoms in total. The molecule has 0 bridgehead atoms. The lowest BCUT2D eigenvalue weighted by atomic mass is 9.94. The predicted molar refractivity (Wildman–Crippen MR) is 64.8 cm³/mol. The smallest absolute Gasteiger partial charge is 0.118 e. The zero-order valence-electron chi connectivity index (χ0n) is 10.6. The van der Waals surface area contributed by atoms with Crippen molar-refractivity contribution in [1.29, 1.82) is 0 Å². The first-order chi connectivity index (χ1) is 8.07. The summed E-state index contributed by atoms with van der Waals surface area (Å²) in [5.74, 6) is 1.87. The second kappa shape index (κ2) is 5.21. The van der Waals surface area contributed by atoms with Crippen molar-refractivity contribution in [2.45, 2.75) is 31.9 Å². The molecule has 17 heavy (non-hydrogen) atoms. The van der Waals surface area contributed by atoms with Gasteiger partial charge in [0.2, 0.25) is 0 Å². The topological polar surface area (TPSA) is 45.8 Å². The van der Waals surface area contributed by atoms with Crippen LogP contribution in [0.4, 0.5) is 0 Å². The van der Waals surface area contributed by atoms with E-state index in [0.717, 1.165) is 18.1 Å². The summed E-state index contributed by atoms with van der Waals surface area (Å²) in [7, 11) is 2.01. The summed E-state index contributed by atoms with van der Waals surface area (Å²) >= 11 is 0. The lowest BCUT2D eigenvalue weighted by molar-refractivity contribution is -0.0782. The standard InChI is InChI=1S/C13H21NO3/c1-11-3-4-12(17-11)9-14(2)10-13(15)5-7-16-8-6-13/h3-4,15H,5-10H2,1-2H3. The molecule has 0 atom stereocenters. The van der Waals surface area contributed by atoms with Gasteiger partial charge in [-0.1, -0.05) is 0 Å². The van der Waals surface area contributed by atoms with Gasteiger partial charge in [-0.3, -0.25) is 4.90 Å². The molecule has 1 aromatic rings. The third kappa shape index (κ3) is 3.56. The fraction of sp³-hybridized carbons (Fsp3) is 0.692. The van der Waals surface area contributed by atoms with Crippen molar-refractivity contribution in [3.63, 3.8) is 0 Å². The van der Waals surface area contributed by atoms with Crippen LogP contribution in [0, 0.1) is 6.92 Å². The van der Waals surface area contributed by atoms with Crippen molar-refractivity contribution in [2.75, 3.05) is 26.8 Å². The molecule has 96 valence electrons. The normalized spacial score (nSPS) is 19.8. The van der Waals surface area contributed by atoms with Crippen molar-refractivity contribution in [3.8, 4) is 0 Å². The number of hydrogen-bond donors (Lipinski definition) is 1. The number of ether oxygens (including phenoxy) is 1. The fourth-order valence-electron chi connectivity index (χ4n) is 2.30. The summed E-state index contributed by atoms with van der Waals surface area (Å²) < 4.78 is 10.8. The Labute approximate surface area is 102 Å². The number of aliphatic hydroxyl groups is 1. The molecule has 0 aromatic carbocycles. The molecule has 1 N–H and O–H groups in total. The van der Waals surface area contributed by atoms with Gasteiger partial charge in [-0.15, -0.1) is 0 Å². The summed E-state index contributed by atoms with van der Waals surface area (Å²) in [6, 6.07) is 3.95. The Hall–Kier alpha value is -0.840. The third-order valence-electron chi connectivity index (χ3n) is 3.21. The molecule has 1 aliphatic rings. The van der Waals surface area contributed by atoms with E-state index in [1.54, 1.807) is 0 Å². The van der Waals surface area contributed by atoms with Gasteiger partial charge in [-0.2, -0.15) is 0 Å². The SMILES string of the molecule is Cc1ccc(CN(C)CC2(O)CCOCC2)o1. The molecule has 2 rings (SSSR count). The van der Waals surface area contributed by atoms with Crippen LogP contribution in [-0.2, 0) is 11.3 Å².